The highest BCUT2D eigenvalue weighted by Crippen LogP contribution is 2.24. The number of halogens is 1. The van der Waals surface area contributed by atoms with Gasteiger partial charge < -0.3 is 5.32 Å². The maximum absolute atomic E-state index is 13.4. The maximum Gasteiger partial charge on any atom is 0.266 e. The lowest BCUT2D eigenvalue weighted by molar-refractivity contribution is -0.118. The monoisotopic (exact) mass is 463 g/mol. The van der Waals surface area contributed by atoms with E-state index in [0.717, 1.165) is 22.4 Å². The summed E-state index contributed by atoms with van der Waals surface area (Å²) in [4.78, 5) is 30.6. The number of carbonyl (C=O) groups is 1. The molecule has 1 amide bonds. The van der Waals surface area contributed by atoms with Crippen LogP contribution in [-0.2, 0) is 11.3 Å². The number of carbonyl (C=O) groups excluding carboxylic acids is 1. The Morgan fingerprint density at radius 1 is 1.06 bits per heavy atom. The number of aromatic nitrogens is 2. The van der Waals surface area contributed by atoms with Gasteiger partial charge in [0.1, 0.15) is 0 Å². The number of fused-ring (bicyclic) bond motifs is 1. The highest BCUT2D eigenvalue weighted by atomic mass is 35.5. The number of rotatable bonds is 6. The van der Waals surface area contributed by atoms with Crippen molar-refractivity contribution in [3.63, 3.8) is 0 Å². The molecule has 0 fully saturated rings. The predicted molar refractivity (Wildman–Crippen MR) is 131 cm³/mol. The van der Waals surface area contributed by atoms with E-state index in [2.05, 4.69) is 5.32 Å². The quantitative estimate of drug-likeness (QED) is 0.320. The first-order valence-corrected chi connectivity index (χ1v) is 11.5. The molecule has 162 valence electrons. The molecule has 0 saturated heterocycles. The van der Waals surface area contributed by atoms with Crippen LogP contribution in [0.1, 0.15) is 16.7 Å². The Morgan fingerprint density at radius 2 is 1.81 bits per heavy atom. The molecule has 0 atom stereocenters. The molecular formula is C25H22ClN3O2S. The van der Waals surface area contributed by atoms with Crippen molar-refractivity contribution in [1.29, 1.82) is 0 Å². The fourth-order valence-corrected chi connectivity index (χ4v) is 4.53. The van der Waals surface area contributed by atoms with Crippen LogP contribution in [-0.4, -0.2) is 21.2 Å². The number of hydrogen-bond donors (Lipinski definition) is 1. The van der Waals surface area contributed by atoms with Gasteiger partial charge in [0.2, 0.25) is 5.91 Å². The van der Waals surface area contributed by atoms with Crippen LogP contribution in [0.15, 0.2) is 76.7 Å². The zero-order chi connectivity index (χ0) is 22.7. The van der Waals surface area contributed by atoms with Crippen LogP contribution >= 0.6 is 23.4 Å². The summed E-state index contributed by atoms with van der Waals surface area (Å²) < 4.78 is 1.60. The molecule has 0 bridgehead atoms. The molecule has 3 aromatic carbocycles. The third-order valence-corrected chi connectivity index (χ3v) is 6.41. The third-order valence-electron chi connectivity index (χ3n) is 5.10. The molecule has 0 saturated carbocycles. The number of para-hydroxylation sites is 1. The summed E-state index contributed by atoms with van der Waals surface area (Å²) in [6.07, 6.45) is 0. The van der Waals surface area contributed by atoms with E-state index >= 15 is 0 Å². The van der Waals surface area contributed by atoms with Gasteiger partial charge in [-0.2, -0.15) is 0 Å². The van der Waals surface area contributed by atoms with E-state index in [1.807, 2.05) is 68.4 Å². The molecule has 5 nitrogen and oxygen atoms in total. The molecule has 0 radical (unpaired) electrons. The van der Waals surface area contributed by atoms with Crippen molar-refractivity contribution in [3.8, 4) is 5.69 Å². The van der Waals surface area contributed by atoms with Crippen LogP contribution in [0.4, 0.5) is 0 Å². The summed E-state index contributed by atoms with van der Waals surface area (Å²) in [5.41, 5.74) is 4.15. The molecule has 0 spiro atoms. The van der Waals surface area contributed by atoms with Gasteiger partial charge in [0.25, 0.3) is 5.56 Å². The average molecular weight is 464 g/mol. The summed E-state index contributed by atoms with van der Waals surface area (Å²) >= 11 is 7.40. The number of hydrogen-bond acceptors (Lipinski definition) is 4. The molecule has 0 unspecified atom stereocenters. The molecule has 0 aliphatic heterocycles. The van der Waals surface area contributed by atoms with Gasteiger partial charge in [0, 0.05) is 11.6 Å². The SMILES string of the molecule is Cc1ccc(-n2c(SCC(=O)NCc3ccccc3Cl)nc3ccccc3c2=O)c(C)c1. The maximum atomic E-state index is 13.4. The Hall–Kier alpha value is -3.09. The van der Waals surface area contributed by atoms with Gasteiger partial charge in [-0.15, -0.1) is 0 Å². The molecule has 32 heavy (non-hydrogen) atoms. The molecule has 1 heterocycles. The molecule has 0 aliphatic rings. The van der Waals surface area contributed by atoms with Gasteiger partial charge in [-0.05, 0) is 49.2 Å². The van der Waals surface area contributed by atoms with Crippen molar-refractivity contribution in [2.24, 2.45) is 0 Å². The minimum absolute atomic E-state index is 0.125. The predicted octanol–water partition coefficient (Wildman–Crippen LogP) is 5.06. The minimum Gasteiger partial charge on any atom is -0.351 e. The molecule has 4 rings (SSSR count). The van der Waals surface area contributed by atoms with Gasteiger partial charge >= 0.3 is 0 Å². The first kappa shape index (κ1) is 22.1. The summed E-state index contributed by atoms with van der Waals surface area (Å²) in [6, 6.07) is 20.6. The number of amides is 1. The summed E-state index contributed by atoms with van der Waals surface area (Å²) in [5.74, 6) is -0.0374. The van der Waals surface area contributed by atoms with Crippen molar-refractivity contribution < 1.29 is 4.79 Å². The molecule has 4 aromatic rings. The summed E-state index contributed by atoms with van der Waals surface area (Å²) in [7, 11) is 0. The number of thioether (sulfide) groups is 1. The second-order valence-corrected chi connectivity index (χ2v) is 8.85. The van der Waals surface area contributed by atoms with Crippen LogP contribution in [0.25, 0.3) is 16.6 Å². The van der Waals surface area contributed by atoms with Crippen molar-refractivity contribution in [2.45, 2.75) is 25.5 Å². The Kier molecular flexibility index (Phi) is 6.63. The van der Waals surface area contributed by atoms with E-state index in [1.165, 1.54) is 11.8 Å². The molecular weight excluding hydrogens is 442 g/mol. The normalized spacial score (nSPS) is 11.0. The number of benzene rings is 3. The summed E-state index contributed by atoms with van der Waals surface area (Å²) in [5, 5.41) is 4.51. The van der Waals surface area contributed by atoms with Gasteiger partial charge in [-0.25, -0.2) is 4.98 Å². The van der Waals surface area contributed by atoms with Crippen LogP contribution in [0.3, 0.4) is 0 Å². The fourth-order valence-electron chi connectivity index (χ4n) is 3.49. The van der Waals surface area contributed by atoms with E-state index in [4.69, 9.17) is 16.6 Å². The van der Waals surface area contributed by atoms with E-state index in [0.29, 0.717) is 27.6 Å². The topological polar surface area (TPSA) is 64.0 Å². The largest absolute Gasteiger partial charge is 0.351 e. The highest BCUT2D eigenvalue weighted by Gasteiger charge is 2.16. The van der Waals surface area contributed by atoms with Crippen LogP contribution < -0.4 is 10.9 Å². The van der Waals surface area contributed by atoms with E-state index in [9.17, 15) is 9.59 Å². The smallest absolute Gasteiger partial charge is 0.266 e. The molecule has 0 aliphatic carbocycles. The van der Waals surface area contributed by atoms with Crippen molar-refractivity contribution in [1.82, 2.24) is 14.9 Å². The Balaban J connectivity index is 1.63. The molecule has 1 aromatic heterocycles. The van der Waals surface area contributed by atoms with Crippen molar-refractivity contribution in [2.75, 3.05) is 5.75 Å². The first-order valence-electron chi connectivity index (χ1n) is 10.2. The first-order chi connectivity index (χ1) is 15.4. The number of nitrogens with zero attached hydrogens (tertiary/aromatic N) is 2. The molecule has 1 N–H and O–H groups in total. The molecule has 7 heteroatoms. The van der Waals surface area contributed by atoms with Crippen molar-refractivity contribution >= 4 is 40.2 Å². The lowest BCUT2D eigenvalue weighted by atomic mass is 10.1. The summed E-state index contributed by atoms with van der Waals surface area (Å²) in [6.45, 7) is 4.32. The Bertz CT molecular complexity index is 1370. The van der Waals surface area contributed by atoms with Gasteiger partial charge in [0.05, 0.1) is 22.3 Å². The number of aryl methyl sites for hydroxylation is 2. The lowest BCUT2D eigenvalue weighted by Gasteiger charge is -2.15. The zero-order valence-corrected chi connectivity index (χ0v) is 19.3. The van der Waals surface area contributed by atoms with Gasteiger partial charge in [0.15, 0.2) is 5.16 Å². The second kappa shape index (κ2) is 9.59. The third kappa shape index (κ3) is 4.71. The van der Waals surface area contributed by atoms with Gasteiger partial charge in [-0.3, -0.25) is 14.2 Å². The number of nitrogens with one attached hydrogen (secondary N) is 1. The standard InChI is InChI=1S/C25H22ClN3O2S/c1-16-11-12-22(17(2)13-16)29-24(31)19-8-4-6-10-21(19)28-25(29)32-15-23(30)27-14-18-7-3-5-9-20(18)26/h3-13H,14-15H2,1-2H3,(H,27,30). The van der Waals surface area contributed by atoms with E-state index in [-0.39, 0.29) is 17.2 Å². The van der Waals surface area contributed by atoms with Crippen molar-refractivity contribution in [3.05, 3.63) is 98.8 Å². The van der Waals surface area contributed by atoms with Crippen LogP contribution in [0.5, 0.6) is 0 Å². The fraction of sp³-hybridized carbons (Fsp3) is 0.160. The van der Waals surface area contributed by atoms with Crippen LogP contribution in [0.2, 0.25) is 5.02 Å². The minimum atomic E-state index is -0.162. The van der Waals surface area contributed by atoms with Gasteiger partial charge in [-0.1, -0.05) is 71.4 Å². The highest BCUT2D eigenvalue weighted by molar-refractivity contribution is 7.99. The lowest BCUT2D eigenvalue weighted by Crippen LogP contribution is -2.26. The second-order valence-electron chi connectivity index (χ2n) is 7.50. The van der Waals surface area contributed by atoms with E-state index < -0.39 is 0 Å². The average Bonchev–Trinajstić information content (AvgIpc) is 2.78. The zero-order valence-electron chi connectivity index (χ0n) is 17.8. The Morgan fingerprint density at radius 3 is 2.59 bits per heavy atom. The van der Waals surface area contributed by atoms with Crippen LogP contribution in [0, 0.1) is 13.8 Å². The van der Waals surface area contributed by atoms with E-state index in [1.54, 1.807) is 16.7 Å². The Labute approximate surface area is 195 Å².